The number of hydrogen-bond donors (Lipinski definition) is 0. The Morgan fingerprint density at radius 2 is 1.60 bits per heavy atom. The van der Waals surface area contributed by atoms with Gasteiger partial charge in [-0.25, -0.2) is 0 Å². The quantitative estimate of drug-likeness (QED) is 0.620. The third kappa shape index (κ3) is 6.08. The van der Waals surface area contributed by atoms with Crippen LogP contribution in [-0.4, -0.2) is 0 Å². The van der Waals surface area contributed by atoms with Gasteiger partial charge in [-0.2, -0.15) is 0 Å². The molecule has 0 bridgehead atoms. The summed E-state index contributed by atoms with van der Waals surface area (Å²) >= 11 is -2.65. The van der Waals surface area contributed by atoms with Crippen molar-refractivity contribution >= 4 is 0 Å². The zero-order valence-electron chi connectivity index (χ0n) is 1.83. The van der Waals surface area contributed by atoms with Crippen molar-refractivity contribution < 1.29 is 70.0 Å². The Hall–Kier alpha value is 2.08. The summed E-state index contributed by atoms with van der Waals surface area (Å²) in [6, 6.07) is 0. The van der Waals surface area contributed by atoms with E-state index in [0.29, 0.717) is 0 Å². The van der Waals surface area contributed by atoms with Gasteiger partial charge in [0.05, 0.1) is 0 Å². The van der Waals surface area contributed by atoms with Crippen molar-refractivity contribution in [3.8, 4) is 0 Å². The van der Waals surface area contributed by atoms with Crippen molar-refractivity contribution in [1.29, 1.82) is 0 Å². The molecule has 0 aromatic heterocycles. The third-order valence-corrected chi connectivity index (χ3v) is 1.67. The minimum absolute atomic E-state index is 1.33. The van der Waals surface area contributed by atoms with Crippen LogP contribution in [0.4, 0.5) is 0 Å². The molecule has 5 heavy (non-hydrogen) atoms. The number of hydrogen-bond acceptors (Lipinski definition) is 3. The van der Waals surface area contributed by atoms with Crippen molar-refractivity contribution in [3.63, 3.8) is 0 Å². The molecule has 3 nitrogen and oxygen atoms in total. The van der Waals surface area contributed by atoms with E-state index in [4.69, 9.17) is 0 Å². The van der Waals surface area contributed by atoms with E-state index in [1.807, 2.05) is 0 Å². The summed E-state index contributed by atoms with van der Waals surface area (Å²) in [6.45, 7) is 0. The molecule has 0 radical (unpaired) electrons. The molecule has 0 aliphatic heterocycles. The second kappa shape index (κ2) is 6.08. The summed E-state index contributed by atoms with van der Waals surface area (Å²) in [5.74, 6) is 0. The van der Waals surface area contributed by atoms with Gasteiger partial charge in [-0.05, 0) is 0 Å². The molecule has 0 aromatic rings. The zero-order chi connectivity index (χ0) is 4.12. The maximum absolute atomic E-state index is 9.23. The average Bonchev–Trinajstić information content (AvgIpc) is 1.41. The molecule has 0 N–H and O–H groups in total. The Morgan fingerprint density at radius 3 is 1.60 bits per heavy atom. The van der Waals surface area contributed by atoms with Gasteiger partial charge >= 0.3 is 70.0 Å². The van der Waals surface area contributed by atoms with Crippen LogP contribution in [0.3, 0.4) is 0 Å². The maximum atomic E-state index is 9.23. The third-order valence-electron chi connectivity index (χ3n) is 0.0303. The molecule has 0 heterocycles. The molecule has 0 aromatic carbocycles. The van der Waals surface area contributed by atoms with Gasteiger partial charge in [-0.1, -0.05) is 0 Å². The minimum atomic E-state index is -1.33. The van der Waals surface area contributed by atoms with E-state index < -0.39 is 69.0 Å². The molecule has 0 fully saturated rings. The Labute approximate surface area is 68.1 Å². The van der Waals surface area contributed by atoms with Gasteiger partial charge in [-0.15, -0.1) is 0 Å². The van der Waals surface area contributed by atoms with E-state index in [1.165, 1.54) is 0 Å². The normalized spacial score (nSPS) is 9.60. The summed E-state index contributed by atoms with van der Waals surface area (Å²) in [6.07, 6.45) is 0. The summed E-state index contributed by atoms with van der Waals surface area (Å²) in [7, 11) is 0. The molecule has 0 aliphatic rings. The molecule has 0 amide bonds. The van der Waals surface area contributed by atoms with Crippen molar-refractivity contribution in [3.05, 3.63) is 0 Å². The Kier molecular flexibility index (Phi) is 8.61. The average molecular weight is 378 g/mol. The van der Waals surface area contributed by atoms with Crippen LogP contribution in [0.25, 0.3) is 0 Å². The SMILES string of the molecule is [O]=[Ho][O][Ho]=[O]. The van der Waals surface area contributed by atoms with Crippen molar-refractivity contribution in [2.75, 3.05) is 0 Å². The van der Waals surface area contributed by atoms with E-state index in [9.17, 15) is 2.87 Å². The summed E-state index contributed by atoms with van der Waals surface area (Å²) in [5, 5.41) is 0. The first kappa shape index (κ1) is 7.08. The van der Waals surface area contributed by atoms with E-state index >= 15 is 0 Å². The van der Waals surface area contributed by atoms with Crippen LogP contribution in [0, 0.1) is 69.0 Å². The molecule has 0 saturated carbocycles. The molecule has 0 saturated heterocycles. The van der Waals surface area contributed by atoms with Crippen LogP contribution in [-0.2, 0) is 1.02 Å². The van der Waals surface area contributed by atoms with Gasteiger partial charge in [0.15, 0.2) is 0 Å². The fourth-order valence-electron chi connectivity index (χ4n) is 0.00619. The van der Waals surface area contributed by atoms with Crippen LogP contribution >= 0.6 is 0 Å². The van der Waals surface area contributed by atoms with Crippen LogP contribution in [0.2, 0.25) is 0 Å². The first-order valence-electron chi connectivity index (χ1n) is 0.492. The standard InChI is InChI=1S/2Ho.3O. The molecule has 0 atom stereocenters. The van der Waals surface area contributed by atoms with E-state index in [1.54, 1.807) is 0 Å². The summed E-state index contributed by atoms with van der Waals surface area (Å²) in [5.41, 5.74) is 0. The molecule has 40 valence electrons. The van der Waals surface area contributed by atoms with Crippen LogP contribution in [0.1, 0.15) is 0 Å². The Balaban J connectivity index is 2.65. The van der Waals surface area contributed by atoms with Crippen LogP contribution in [0.15, 0.2) is 0 Å². The fraction of sp³-hybridized carbons (Fsp3) is 0. The van der Waals surface area contributed by atoms with Gasteiger partial charge in [0.2, 0.25) is 0 Å². The van der Waals surface area contributed by atoms with E-state index in [2.05, 4.69) is -1.85 Å². The Morgan fingerprint density at radius 1 is 1.20 bits per heavy atom. The number of rotatable bonds is 2. The first-order chi connectivity index (χ1) is 2.41. The second-order valence-electron chi connectivity index (χ2n) is 0.138. The Bertz CT molecular complexity index is 34.2. The van der Waals surface area contributed by atoms with E-state index in [0.717, 1.165) is 0 Å². The molecular weight excluding hydrogens is 378 g/mol. The van der Waals surface area contributed by atoms with Gasteiger partial charge in [0, 0.05) is 0 Å². The molecule has 0 spiro atoms. The molecular formula is Ho2O3. The first-order valence-corrected chi connectivity index (χ1v) is 3.65. The van der Waals surface area contributed by atoms with Crippen LogP contribution < -0.4 is 0 Å². The second-order valence-corrected chi connectivity index (χ2v) is 2.79. The predicted octanol–water partition coefficient (Wildman–Crippen LogP) is -0.306. The van der Waals surface area contributed by atoms with Crippen molar-refractivity contribution in [1.82, 2.24) is 0 Å². The van der Waals surface area contributed by atoms with Gasteiger partial charge < -0.3 is 0 Å². The van der Waals surface area contributed by atoms with Crippen molar-refractivity contribution in [2.45, 2.75) is 0 Å². The van der Waals surface area contributed by atoms with Gasteiger partial charge in [0.1, 0.15) is 0 Å². The monoisotopic (exact) mass is 378 g/mol. The predicted molar refractivity (Wildman–Crippen MR) is 2.46 cm³/mol. The fourth-order valence-corrected chi connectivity index (χ4v) is 0.340. The van der Waals surface area contributed by atoms with Crippen LogP contribution in [0.5, 0.6) is 0 Å². The molecule has 5 heteroatoms. The van der Waals surface area contributed by atoms with E-state index in [-0.39, 0.29) is 0 Å². The zero-order valence-corrected chi connectivity index (χ0v) is 5.70. The molecule has 0 unspecified atom stereocenters. The molecule has 0 rings (SSSR count). The van der Waals surface area contributed by atoms with Gasteiger partial charge in [0.25, 0.3) is 0 Å². The molecule has 0 aliphatic carbocycles. The summed E-state index contributed by atoms with van der Waals surface area (Å²) < 4.78 is 22.4. The van der Waals surface area contributed by atoms with Crippen molar-refractivity contribution in [2.24, 2.45) is 0 Å². The topological polar surface area (TPSA) is 43.4 Å². The summed E-state index contributed by atoms with van der Waals surface area (Å²) in [4.78, 5) is 0. The van der Waals surface area contributed by atoms with Gasteiger partial charge in [-0.3, -0.25) is 0 Å².